The number of carboxylic acid groups (broad SMARTS) is 1. The van der Waals surface area contributed by atoms with Crippen LogP contribution in [0, 0.1) is 5.92 Å². The molecule has 0 bridgehead atoms. The number of benzene rings is 1. The molecule has 0 fully saturated rings. The van der Waals surface area contributed by atoms with E-state index in [1.807, 2.05) is 18.2 Å². The van der Waals surface area contributed by atoms with Crippen LogP contribution in [-0.4, -0.2) is 17.2 Å². The van der Waals surface area contributed by atoms with Gasteiger partial charge in [-0.1, -0.05) is 205 Å². The molecule has 0 saturated heterocycles. The van der Waals surface area contributed by atoms with Gasteiger partial charge < -0.3 is 9.84 Å². The Labute approximate surface area is 262 Å². The number of aliphatic carboxylic acids is 1. The molecule has 0 aliphatic rings. The maximum atomic E-state index is 12.3. The first-order chi connectivity index (χ1) is 20.7. The number of ether oxygens (including phenoxy) is 1. The standard InChI is InChI=1S/C39H70O3/c1-3-5-7-9-11-13-15-17-19-21-23-25-30-34-38(42-35-36-31-27-26-28-32-36)37(39(40)41)33-29-24-22-20-18-16-14-12-10-8-6-4-2/h26-28,31-32,37-38H,3-25,29-30,33-35H2,1-2H3,(H,40,41)/t37-,38+/m0/s1. The highest BCUT2D eigenvalue weighted by atomic mass is 16.5. The van der Waals surface area contributed by atoms with Gasteiger partial charge in [-0.2, -0.15) is 0 Å². The van der Waals surface area contributed by atoms with E-state index in [0.29, 0.717) is 6.61 Å². The summed E-state index contributed by atoms with van der Waals surface area (Å²) in [7, 11) is 0. The van der Waals surface area contributed by atoms with Gasteiger partial charge in [0.15, 0.2) is 0 Å². The van der Waals surface area contributed by atoms with Crippen molar-refractivity contribution in [2.75, 3.05) is 0 Å². The number of carbonyl (C=O) groups is 1. The maximum Gasteiger partial charge on any atom is 0.309 e. The summed E-state index contributed by atoms with van der Waals surface area (Å²) >= 11 is 0. The Morgan fingerprint density at radius 3 is 1.29 bits per heavy atom. The lowest BCUT2D eigenvalue weighted by Gasteiger charge is -2.25. The highest BCUT2D eigenvalue weighted by Gasteiger charge is 2.28. The molecule has 42 heavy (non-hydrogen) atoms. The summed E-state index contributed by atoms with van der Waals surface area (Å²) in [5, 5.41) is 10.1. The van der Waals surface area contributed by atoms with Crippen LogP contribution >= 0.6 is 0 Å². The molecule has 244 valence electrons. The fraction of sp³-hybridized carbons (Fsp3) is 0.821. The monoisotopic (exact) mass is 587 g/mol. The molecule has 1 rings (SSSR count). The Morgan fingerprint density at radius 2 is 0.905 bits per heavy atom. The highest BCUT2D eigenvalue weighted by molar-refractivity contribution is 5.70. The van der Waals surface area contributed by atoms with E-state index in [2.05, 4.69) is 26.0 Å². The Hall–Kier alpha value is -1.35. The lowest BCUT2D eigenvalue weighted by atomic mass is 9.91. The molecule has 0 aromatic heterocycles. The first-order valence-corrected chi connectivity index (χ1v) is 18.6. The van der Waals surface area contributed by atoms with Crippen LogP contribution in [0.25, 0.3) is 0 Å². The van der Waals surface area contributed by atoms with Crippen molar-refractivity contribution in [3.8, 4) is 0 Å². The molecular weight excluding hydrogens is 516 g/mol. The summed E-state index contributed by atoms with van der Waals surface area (Å²) in [5.41, 5.74) is 1.13. The van der Waals surface area contributed by atoms with Gasteiger partial charge in [-0.3, -0.25) is 4.79 Å². The fourth-order valence-electron chi connectivity index (χ4n) is 6.22. The van der Waals surface area contributed by atoms with Crippen LogP contribution in [0.15, 0.2) is 30.3 Å². The molecule has 3 nitrogen and oxygen atoms in total. The molecule has 0 amide bonds. The molecule has 1 N–H and O–H groups in total. The molecule has 0 saturated carbocycles. The van der Waals surface area contributed by atoms with E-state index in [1.165, 1.54) is 141 Å². The third-order valence-corrected chi connectivity index (χ3v) is 9.03. The van der Waals surface area contributed by atoms with E-state index >= 15 is 0 Å². The van der Waals surface area contributed by atoms with Gasteiger partial charge in [-0.15, -0.1) is 0 Å². The van der Waals surface area contributed by atoms with Crippen molar-refractivity contribution in [1.29, 1.82) is 0 Å². The molecule has 1 aromatic carbocycles. The normalized spacial score (nSPS) is 12.9. The minimum atomic E-state index is -0.675. The second-order valence-electron chi connectivity index (χ2n) is 13.0. The van der Waals surface area contributed by atoms with E-state index in [1.54, 1.807) is 0 Å². The van der Waals surface area contributed by atoms with Crippen molar-refractivity contribution >= 4 is 5.97 Å². The van der Waals surface area contributed by atoms with Crippen LogP contribution in [0.2, 0.25) is 0 Å². The van der Waals surface area contributed by atoms with Crippen LogP contribution in [-0.2, 0) is 16.1 Å². The van der Waals surface area contributed by atoms with Gasteiger partial charge in [-0.25, -0.2) is 0 Å². The molecular formula is C39H70O3. The number of hydrogen-bond acceptors (Lipinski definition) is 2. The van der Waals surface area contributed by atoms with Gasteiger partial charge in [0.25, 0.3) is 0 Å². The zero-order chi connectivity index (χ0) is 30.4. The Morgan fingerprint density at radius 1 is 0.548 bits per heavy atom. The van der Waals surface area contributed by atoms with E-state index < -0.39 is 11.9 Å². The number of carboxylic acids is 1. The first-order valence-electron chi connectivity index (χ1n) is 18.6. The highest BCUT2D eigenvalue weighted by Crippen LogP contribution is 2.24. The molecule has 0 spiro atoms. The van der Waals surface area contributed by atoms with Crippen LogP contribution in [0.3, 0.4) is 0 Å². The third-order valence-electron chi connectivity index (χ3n) is 9.03. The zero-order valence-electron chi connectivity index (χ0n) is 28.1. The number of rotatable bonds is 32. The summed E-state index contributed by atoms with van der Waals surface area (Å²) in [6.07, 6.45) is 34.3. The number of unbranched alkanes of at least 4 members (excludes halogenated alkanes) is 23. The quantitative estimate of drug-likeness (QED) is 0.0854. The van der Waals surface area contributed by atoms with Gasteiger partial charge in [0.05, 0.1) is 18.6 Å². The van der Waals surface area contributed by atoms with E-state index in [4.69, 9.17) is 4.74 Å². The van der Waals surface area contributed by atoms with Crippen molar-refractivity contribution in [3.63, 3.8) is 0 Å². The van der Waals surface area contributed by atoms with E-state index in [-0.39, 0.29) is 6.10 Å². The predicted octanol–water partition coefficient (Wildman–Crippen LogP) is 12.8. The molecule has 0 aliphatic carbocycles. The molecule has 0 aliphatic heterocycles. The fourth-order valence-corrected chi connectivity index (χ4v) is 6.22. The summed E-state index contributed by atoms with van der Waals surface area (Å²) in [6.45, 7) is 5.06. The SMILES string of the molecule is CCCCCCCCCCCCCCC[C@@H](OCc1ccccc1)[C@H](CCCCCCCCCCCCCC)C(=O)O. The first kappa shape index (κ1) is 38.7. The van der Waals surface area contributed by atoms with Crippen molar-refractivity contribution in [2.24, 2.45) is 5.92 Å². The smallest absolute Gasteiger partial charge is 0.309 e. The second kappa shape index (κ2) is 29.7. The minimum absolute atomic E-state index is 0.192. The van der Waals surface area contributed by atoms with Crippen molar-refractivity contribution in [1.82, 2.24) is 0 Å². The summed E-state index contributed by atoms with van der Waals surface area (Å²) < 4.78 is 6.34. The molecule has 2 atom stereocenters. The Bertz CT molecular complexity index is 688. The number of hydrogen-bond donors (Lipinski definition) is 1. The van der Waals surface area contributed by atoms with Gasteiger partial charge in [0.2, 0.25) is 0 Å². The Kier molecular flexibility index (Phi) is 27.4. The lowest BCUT2D eigenvalue weighted by molar-refractivity contribution is -0.149. The van der Waals surface area contributed by atoms with Crippen LogP contribution in [0.1, 0.15) is 193 Å². The molecule has 0 unspecified atom stereocenters. The second-order valence-corrected chi connectivity index (χ2v) is 13.0. The van der Waals surface area contributed by atoms with E-state index in [9.17, 15) is 9.90 Å². The molecule has 3 heteroatoms. The topological polar surface area (TPSA) is 46.5 Å². The van der Waals surface area contributed by atoms with Gasteiger partial charge in [0, 0.05) is 0 Å². The largest absolute Gasteiger partial charge is 0.481 e. The van der Waals surface area contributed by atoms with Crippen molar-refractivity contribution in [2.45, 2.75) is 200 Å². The maximum absolute atomic E-state index is 12.3. The predicted molar refractivity (Wildman–Crippen MR) is 182 cm³/mol. The summed E-state index contributed by atoms with van der Waals surface area (Å²) in [5.74, 6) is -1.07. The zero-order valence-corrected chi connectivity index (χ0v) is 28.1. The van der Waals surface area contributed by atoms with Gasteiger partial charge in [-0.05, 0) is 18.4 Å². The van der Waals surface area contributed by atoms with Crippen LogP contribution < -0.4 is 0 Å². The van der Waals surface area contributed by atoms with Crippen LogP contribution in [0.4, 0.5) is 0 Å². The molecule has 0 radical (unpaired) electrons. The van der Waals surface area contributed by atoms with Crippen LogP contribution in [0.5, 0.6) is 0 Å². The molecule has 0 heterocycles. The lowest BCUT2D eigenvalue weighted by Crippen LogP contribution is -2.31. The summed E-state index contributed by atoms with van der Waals surface area (Å²) in [6, 6.07) is 10.2. The van der Waals surface area contributed by atoms with Crippen molar-refractivity contribution in [3.05, 3.63) is 35.9 Å². The van der Waals surface area contributed by atoms with E-state index in [0.717, 1.165) is 37.7 Å². The third kappa shape index (κ3) is 23.1. The average Bonchev–Trinajstić information content (AvgIpc) is 3.00. The Balaban J connectivity index is 2.29. The van der Waals surface area contributed by atoms with Gasteiger partial charge >= 0.3 is 5.97 Å². The average molecular weight is 587 g/mol. The molecule has 1 aromatic rings. The van der Waals surface area contributed by atoms with Crippen molar-refractivity contribution < 1.29 is 14.6 Å². The van der Waals surface area contributed by atoms with Gasteiger partial charge in [0.1, 0.15) is 0 Å². The minimum Gasteiger partial charge on any atom is -0.481 e. The summed E-state index contributed by atoms with van der Waals surface area (Å²) in [4.78, 5) is 12.3.